The van der Waals surface area contributed by atoms with Crippen LogP contribution in [0.15, 0.2) is 0 Å². The van der Waals surface area contributed by atoms with Gasteiger partial charge < -0.3 is 30.3 Å². The maximum Gasteiger partial charge on any atom is 0.317 e. The second-order valence-corrected chi connectivity index (χ2v) is 8.26. The van der Waals surface area contributed by atoms with Gasteiger partial charge in [-0.3, -0.25) is 38.7 Å². The van der Waals surface area contributed by atoms with E-state index in [0.717, 1.165) is 6.54 Å². The number of aliphatic carboxylic acids is 2. The molecule has 1 rings (SSSR count). The molecule has 14 heteroatoms. The van der Waals surface area contributed by atoms with Crippen LogP contribution < -0.4 is 5.32 Å². The van der Waals surface area contributed by atoms with E-state index in [2.05, 4.69) is 10.2 Å². The molecule has 1 amide bonds. The lowest BCUT2D eigenvalue weighted by Gasteiger charge is -2.33. The molecule has 0 atom stereocenters. The zero-order valence-corrected chi connectivity index (χ0v) is 21.3. The molecule has 0 aromatic carbocycles. The number of rotatable bonds is 12. The van der Waals surface area contributed by atoms with E-state index in [1.54, 1.807) is 4.90 Å². The van der Waals surface area contributed by atoms with Crippen LogP contribution in [0, 0.1) is 0 Å². The van der Waals surface area contributed by atoms with Crippen molar-refractivity contribution in [2.75, 3.05) is 98.3 Å². The van der Waals surface area contributed by atoms with Crippen LogP contribution in [0.25, 0.3) is 0 Å². The van der Waals surface area contributed by atoms with Crippen LogP contribution in [0.4, 0.5) is 0 Å². The number of nitrogens with zero attached hydrogens (tertiary/aromatic N) is 4. The lowest BCUT2D eigenvalue weighted by molar-refractivity contribution is -0.140. The van der Waals surface area contributed by atoms with Crippen molar-refractivity contribution in [2.45, 2.75) is 13.8 Å². The topological polar surface area (TPSA) is 180 Å². The summed E-state index contributed by atoms with van der Waals surface area (Å²) in [4.78, 5) is 61.9. The van der Waals surface area contributed by atoms with Crippen LogP contribution in [0.5, 0.6) is 0 Å². The maximum atomic E-state index is 12.4. The van der Waals surface area contributed by atoms with E-state index in [1.807, 2.05) is 16.7 Å². The van der Waals surface area contributed by atoms with Gasteiger partial charge in [0.2, 0.25) is 5.91 Å². The van der Waals surface area contributed by atoms with E-state index in [4.69, 9.17) is 14.6 Å². The van der Waals surface area contributed by atoms with Crippen LogP contribution in [-0.4, -0.2) is 163 Å². The molecule has 1 fully saturated rings. The molecule has 0 radical (unpaired) electrons. The average Bonchev–Trinajstić information content (AvgIpc) is 2.78. The standard InChI is InChI=1S/C21H39N5O7.CH2O2/c1-3-23-5-7-24(14-19(28)22-4-13-33-17-18(2)27)9-10-26(16-21(31)32)12-11-25(8-6-23)15-20(29)30;2-1-3/h3-17H2,1-2H3,(H,22,28)(H,29,30)(H,31,32);1H,(H,2,3). The second kappa shape index (κ2) is 20.5. The lowest BCUT2D eigenvalue weighted by atomic mass is 10.3. The first-order valence-electron chi connectivity index (χ1n) is 11.9. The first-order chi connectivity index (χ1) is 17.1. The van der Waals surface area contributed by atoms with Crippen molar-refractivity contribution in [3.63, 3.8) is 0 Å². The zero-order valence-electron chi connectivity index (χ0n) is 21.3. The van der Waals surface area contributed by atoms with E-state index >= 15 is 0 Å². The summed E-state index contributed by atoms with van der Waals surface area (Å²) in [6.07, 6.45) is 0. The molecule has 0 unspecified atom stereocenters. The van der Waals surface area contributed by atoms with Crippen molar-refractivity contribution in [1.29, 1.82) is 0 Å². The van der Waals surface area contributed by atoms with Gasteiger partial charge in [-0.2, -0.15) is 0 Å². The summed E-state index contributed by atoms with van der Waals surface area (Å²) in [5.41, 5.74) is 0. The monoisotopic (exact) mass is 519 g/mol. The number of likely N-dealkylation sites (N-methyl/N-ethyl adjacent to an activating group) is 1. The number of carboxylic acids is 2. The highest BCUT2D eigenvalue weighted by Crippen LogP contribution is 2.01. The molecule has 0 spiro atoms. The van der Waals surface area contributed by atoms with Crippen molar-refractivity contribution in [2.24, 2.45) is 0 Å². The van der Waals surface area contributed by atoms with Crippen molar-refractivity contribution in [3.05, 3.63) is 0 Å². The molecule has 0 saturated carbocycles. The van der Waals surface area contributed by atoms with Crippen molar-refractivity contribution in [1.82, 2.24) is 24.9 Å². The normalized spacial score (nSPS) is 17.1. The van der Waals surface area contributed by atoms with Crippen LogP contribution in [0.1, 0.15) is 13.8 Å². The summed E-state index contributed by atoms with van der Waals surface area (Å²) in [5.74, 6) is -2.08. The molecule has 0 bridgehead atoms. The number of ether oxygens (including phenoxy) is 1. The fourth-order valence-electron chi connectivity index (χ4n) is 3.49. The molecule has 0 aliphatic carbocycles. The summed E-state index contributed by atoms with van der Waals surface area (Å²) in [7, 11) is 0. The quantitative estimate of drug-likeness (QED) is 0.162. The molecule has 1 saturated heterocycles. The number of hydrogen-bond acceptors (Lipinski definition) is 10. The van der Waals surface area contributed by atoms with Crippen LogP contribution in [0.2, 0.25) is 0 Å². The summed E-state index contributed by atoms with van der Waals surface area (Å²) in [6, 6.07) is 0. The minimum absolute atomic E-state index is 0.0259. The summed E-state index contributed by atoms with van der Waals surface area (Å²) in [6.45, 7) is 9.03. The number of nitrogens with one attached hydrogen (secondary N) is 1. The molecule has 1 aliphatic rings. The highest BCUT2D eigenvalue weighted by atomic mass is 16.5. The number of Topliss-reactive ketones (excluding diaryl/α,β-unsaturated/α-hetero) is 1. The van der Waals surface area contributed by atoms with Gasteiger partial charge in [-0.25, -0.2) is 0 Å². The van der Waals surface area contributed by atoms with E-state index in [9.17, 15) is 29.4 Å². The van der Waals surface area contributed by atoms with Gasteiger partial charge in [-0.05, 0) is 13.5 Å². The highest BCUT2D eigenvalue weighted by Gasteiger charge is 2.19. The second-order valence-electron chi connectivity index (χ2n) is 8.26. The maximum absolute atomic E-state index is 12.4. The van der Waals surface area contributed by atoms with Crippen LogP contribution in [-0.2, 0) is 28.7 Å². The first-order valence-corrected chi connectivity index (χ1v) is 11.9. The molecule has 14 nitrogen and oxygen atoms in total. The van der Waals surface area contributed by atoms with Gasteiger partial charge in [0.15, 0.2) is 5.78 Å². The molecule has 4 N–H and O–H groups in total. The van der Waals surface area contributed by atoms with Crippen molar-refractivity contribution in [3.8, 4) is 0 Å². The van der Waals surface area contributed by atoms with Crippen LogP contribution in [0.3, 0.4) is 0 Å². The lowest BCUT2D eigenvalue weighted by Crippen LogP contribution is -2.49. The Morgan fingerprint density at radius 1 is 0.806 bits per heavy atom. The molecule has 0 aromatic rings. The molecule has 1 aliphatic heterocycles. The fourth-order valence-corrected chi connectivity index (χ4v) is 3.49. The Hall–Kier alpha value is -2.65. The minimum Gasteiger partial charge on any atom is -0.483 e. The Morgan fingerprint density at radius 2 is 1.19 bits per heavy atom. The van der Waals surface area contributed by atoms with E-state index in [0.29, 0.717) is 58.9 Å². The predicted molar refractivity (Wildman–Crippen MR) is 130 cm³/mol. The largest absolute Gasteiger partial charge is 0.483 e. The smallest absolute Gasteiger partial charge is 0.317 e. The van der Waals surface area contributed by atoms with Gasteiger partial charge in [0.25, 0.3) is 6.47 Å². The Balaban J connectivity index is 0.00000387. The number of carbonyl (C=O) groups is 5. The Labute approximate surface area is 211 Å². The summed E-state index contributed by atoms with van der Waals surface area (Å²) >= 11 is 0. The third-order valence-electron chi connectivity index (χ3n) is 5.34. The average molecular weight is 520 g/mol. The summed E-state index contributed by atoms with van der Waals surface area (Å²) in [5, 5.41) is 28.1. The van der Waals surface area contributed by atoms with Gasteiger partial charge in [0.05, 0.1) is 26.2 Å². The van der Waals surface area contributed by atoms with Gasteiger partial charge in [-0.15, -0.1) is 0 Å². The SMILES string of the molecule is CCN1CCN(CC(=O)O)CCN(CC(=O)O)CCN(CC(=O)NCCOCC(C)=O)CC1.O=CO. The third kappa shape index (κ3) is 18.6. The van der Waals surface area contributed by atoms with Gasteiger partial charge in [0.1, 0.15) is 6.61 Å². The van der Waals surface area contributed by atoms with E-state index < -0.39 is 11.9 Å². The zero-order chi connectivity index (χ0) is 27.3. The minimum atomic E-state index is -0.945. The Morgan fingerprint density at radius 3 is 1.56 bits per heavy atom. The third-order valence-corrected chi connectivity index (χ3v) is 5.34. The molecular formula is C22H41N5O9. The fraction of sp³-hybridized carbons (Fsp3) is 0.773. The molecule has 1 heterocycles. The molecular weight excluding hydrogens is 478 g/mol. The molecule has 208 valence electrons. The molecule has 36 heavy (non-hydrogen) atoms. The van der Waals surface area contributed by atoms with Crippen molar-refractivity contribution < 1.29 is 44.0 Å². The number of ketones is 1. The van der Waals surface area contributed by atoms with Gasteiger partial charge in [0, 0.05) is 58.9 Å². The van der Waals surface area contributed by atoms with E-state index in [-0.39, 0.29) is 51.0 Å². The Kier molecular flexibility index (Phi) is 19.0. The number of carboxylic acid groups (broad SMARTS) is 3. The predicted octanol–water partition coefficient (Wildman–Crippen LogP) is -2.18. The number of carbonyl (C=O) groups excluding carboxylic acids is 2. The van der Waals surface area contributed by atoms with Gasteiger partial charge >= 0.3 is 11.9 Å². The number of hydrogen-bond donors (Lipinski definition) is 4. The van der Waals surface area contributed by atoms with E-state index in [1.165, 1.54) is 6.92 Å². The number of amides is 1. The molecule has 0 aromatic heterocycles. The first kappa shape index (κ1) is 33.4. The van der Waals surface area contributed by atoms with Crippen LogP contribution >= 0.6 is 0 Å². The van der Waals surface area contributed by atoms with Crippen molar-refractivity contribution >= 4 is 30.1 Å². The van der Waals surface area contributed by atoms with Gasteiger partial charge in [-0.1, -0.05) is 6.92 Å². The Bertz CT molecular complexity index is 680. The summed E-state index contributed by atoms with van der Waals surface area (Å²) < 4.78 is 5.15. The highest BCUT2D eigenvalue weighted by molar-refractivity contribution is 5.78.